The molecule has 0 N–H and O–H groups in total. The van der Waals surface area contributed by atoms with E-state index in [9.17, 15) is 5.26 Å². The van der Waals surface area contributed by atoms with Gasteiger partial charge in [0.25, 0.3) is 0 Å². The summed E-state index contributed by atoms with van der Waals surface area (Å²) in [4.78, 5) is 0. The highest BCUT2D eigenvalue weighted by Gasteiger charge is 2.52. The van der Waals surface area contributed by atoms with Crippen LogP contribution in [-0.2, 0) is 9.31 Å². The monoisotopic (exact) mass is 265 g/mol. The molecular formula is C13H17BClNO2. The van der Waals surface area contributed by atoms with Crippen LogP contribution in [0.4, 0.5) is 0 Å². The van der Waals surface area contributed by atoms with Gasteiger partial charge in [-0.25, -0.2) is 0 Å². The molecule has 0 radical (unpaired) electrons. The Hall–Kier alpha value is -0.755. The zero-order valence-corrected chi connectivity index (χ0v) is 12.0. The zero-order valence-electron chi connectivity index (χ0n) is 11.2. The predicted molar refractivity (Wildman–Crippen MR) is 71.9 cm³/mol. The fourth-order valence-electron chi connectivity index (χ4n) is 2.04. The molecule has 96 valence electrons. The molecule has 0 bridgehead atoms. The number of hydrogen-bond acceptors (Lipinski definition) is 3. The van der Waals surface area contributed by atoms with Crippen LogP contribution in [0.2, 0.25) is 0 Å². The minimum atomic E-state index is -0.439. The van der Waals surface area contributed by atoms with Gasteiger partial charge >= 0.3 is 7.12 Å². The van der Waals surface area contributed by atoms with E-state index in [1.165, 1.54) is 0 Å². The lowest BCUT2D eigenvalue weighted by Gasteiger charge is -2.32. The van der Waals surface area contributed by atoms with Gasteiger partial charge in [-0.15, -0.1) is 0 Å². The maximum atomic E-state index is 9.18. The lowest BCUT2D eigenvalue weighted by atomic mass is 9.71. The molecule has 3 nitrogen and oxygen atoms in total. The van der Waals surface area contributed by atoms with Crippen LogP contribution in [-0.4, -0.2) is 18.3 Å². The van der Waals surface area contributed by atoms with Crippen molar-refractivity contribution in [3.05, 3.63) is 22.2 Å². The molecule has 1 fully saturated rings. The van der Waals surface area contributed by atoms with Gasteiger partial charge in [0.1, 0.15) is 0 Å². The summed E-state index contributed by atoms with van der Waals surface area (Å²) in [6, 6.07) is 2.17. The van der Waals surface area contributed by atoms with E-state index < -0.39 is 7.12 Å². The van der Waals surface area contributed by atoms with Crippen LogP contribution in [0, 0.1) is 11.3 Å². The number of hydrogen-bond donors (Lipinski definition) is 0. The molecule has 0 aromatic rings. The standard InChI is InChI=1S/C13H17BClNO2/c1-12(2)13(3,4)18-14(17-12)11-6-5-10(15)7-9(11)8-16/h7H,5-6H2,1-4H3. The van der Waals surface area contributed by atoms with Crippen molar-refractivity contribution in [1.29, 1.82) is 5.26 Å². The minimum Gasteiger partial charge on any atom is -0.400 e. The van der Waals surface area contributed by atoms with Crippen molar-refractivity contribution in [2.24, 2.45) is 0 Å². The summed E-state index contributed by atoms with van der Waals surface area (Å²) in [5.74, 6) is 0. The first-order chi connectivity index (χ1) is 8.27. The molecule has 18 heavy (non-hydrogen) atoms. The molecule has 1 aliphatic carbocycles. The van der Waals surface area contributed by atoms with E-state index >= 15 is 0 Å². The molecule has 5 heteroatoms. The SMILES string of the molecule is CC1(C)OB(C2=C(C#N)C=C(Cl)CC2)OC1(C)C. The first-order valence-electron chi connectivity index (χ1n) is 6.12. The molecule has 2 rings (SSSR count). The quantitative estimate of drug-likeness (QED) is 0.683. The van der Waals surface area contributed by atoms with Gasteiger partial charge in [0, 0.05) is 10.6 Å². The van der Waals surface area contributed by atoms with Crippen LogP contribution in [0.3, 0.4) is 0 Å². The minimum absolute atomic E-state index is 0.379. The van der Waals surface area contributed by atoms with Crippen molar-refractivity contribution in [3.63, 3.8) is 0 Å². The molecule has 0 aromatic heterocycles. The lowest BCUT2D eigenvalue weighted by molar-refractivity contribution is 0.00578. The Morgan fingerprint density at radius 2 is 1.78 bits per heavy atom. The van der Waals surface area contributed by atoms with Crippen LogP contribution in [0.15, 0.2) is 22.2 Å². The van der Waals surface area contributed by atoms with Gasteiger partial charge < -0.3 is 9.31 Å². The molecule has 0 unspecified atom stereocenters. The summed E-state index contributed by atoms with van der Waals surface area (Å²) in [5.41, 5.74) is 0.720. The molecule has 2 aliphatic rings. The van der Waals surface area contributed by atoms with Gasteiger partial charge in [0.05, 0.1) is 17.3 Å². The second kappa shape index (κ2) is 4.41. The largest absolute Gasteiger partial charge is 0.491 e. The van der Waals surface area contributed by atoms with E-state index in [4.69, 9.17) is 20.9 Å². The van der Waals surface area contributed by atoms with Crippen molar-refractivity contribution in [3.8, 4) is 6.07 Å². The maximum Gasteiger partial charge on any atom is 0.491 e. The van der Waals surface area contributed by atoms with Gasteiger partial charge in [-0.3, -0.25) is 0 Å². The van der Waals surface area contributed by atoms with Crippen LogP contribution in [0.1, 0.15) is 40.5 Å². The third-order valence-corrected chi connectivity index (χ3v) is 4.24. The number of nitrogens with zero attached hydrogens (tertiary/aromatic N) is 1. The molecular weight excluding hydrogens is 248 g/mol. The highest BCUT2D eigenvalue weighted by atomic mass is 35.5. The Bertz CT molecular complexity index is 458. The Morgan fingerprint density at radius 3 is 2.28 bits per heavy atom. The predicted octanol–water partition coefficient (Wildman–Crippen LogP) is 3.35. The second-order valence-corrected chi connectivity index (χ2v) is 6.22. The van der Waals surface area contributed by atoms with Crippen LogP contribution in [0.5, 0.6) is 0 Å². The lowest BCUT2D eigenvalue weighted by Crippen LogP contribution is -2.41. The highest BCUT2D eigenvalue weighted by molar-refractivity contribution is 6.55. The molecule has 0 aromatic carbocycles. The van der Waals surface area contributed by atoms with E-state index in [1.807, 2.05) is 27.7 Å². The molecule has 0 amide bonds. The molecule has 1 heterocycles. The van der Waals surface area contributed by atoms with Crippen LogP contribution >= 0.6 is 11.6 Å². The first kappa shape index (κ1) is 13.7. The maximum absolute atomic E-state index is 9.18. The van der Waals surface area contributed by atoms with E-state index in [0.717, 1.165) is 18.3 Å². The smallest absolute Gasteiger partial charge is 0.400 e. The van der Waals surface area contributed by atoms with Gasteiger partial charge in [0.2, 0.25) is 0 Å². The Kier molecular flexibility index (Phi) is 3.35. The zero-order chi connectivity index (χ0) is 13.6. The van der Waals surface area contributed by atoms with Crippen molar-refractivity contribution >= 4 is 18.7 Å². The fourth-order valence-corrected chi connectivity index (χ4v) is 2.25. The summed E-state index contributed by atoms with van der Waals surface area (Å²) in [6.45, 7) is 8.02. The van der Waals surface area contributed by atoms with Gasteiger partial charge in [-0.05, 0) is 52.1 Å². The van der Waals surface area contributed by atoms with Crippen LogP contribution in [0.25, 0.3) is 0 Å². The number of nitriles is 1. The Labute approximate surface area is 114 Å². The molecule has 1 aliphatic heterocycles. The summed E-state index contributed by atoms with van der Waals surface area (Å²) in [7, 11) is -0.439. The van der Waals surface area contributed by atoms with Crippen molar-refractivity contribution < 1.29 is 9.31 Å². The van der Waals surface area contributed by atoms with Gasteiger partial charge in [-0.2, -0.15) is 5.26 Å². The number of allylic oxidation sites excluding steroid dienone is 4. The number of halogens is 1. The third-order valence-electron chi connectivity index (χ3n) is 3.94. The van der Waals surface area contributed by atoms with E-state index in [0.29, 0.717) is 10.6 Å². The second-order valence-electron chi connectivity index (χ2n) is 5.73. The van der Waals surface area contributed by atoms with Crippen molar-refractivity contribution in [1.82, 2.24) is 0 Å². The highest BCUT2D eigenvalue weighted by Crippen LogP contribution is 2.41. The van der Waals surface area contributed by atoms with E-state index in [2.05, 4.69) is 6.07 Å². The average molecular weight is 266 g/mol. The summed E-state index contributed by atoms with van der Waals surface area (Å²) in [6.07, 6.45) is 3.17. The van der Waals surface area contributed by atoms with E-state index in [-0.39, 0.29) is 11.2 Å². The summed E-state index contributed by atoms with van der Waals surface area (Å²) < 4.78 is 11.9. The number of rotatable bonds is 1. The Balaban J connectivity index is 2.33. The molecule has 0 spiro atoms. The van der Waals surface area contributed by atoms with E-state index in [1.54, 1.807) is 6.08 Å². The summed E-state index contributed by atoms with van der Waals surface area (Å²) in [5, 5.41) is 9.89. The van der Waals surface area contributed by atoms with Crippen molar-refractivity contribution in [2.45, 2.75) is 51.7 Å². The molecule has 0 atom stereocenters. The fraction of sp³-hybridized carbons (Fsp3) is 0.615. The average Bonchev–Trinajstić information content (AvgIpc) is 2.47. The topological polar surface area (TPSA) is 42.2 Å². The van der Waals surface area contributed by atoms with Crippen molar-refractivity contribution in [2.75, 3.05) is 0 Å². The molecule has 0 saturated carbocycles. The summed E-state index contributed by atoms with van der Waals surface area (Å²) >= 11 is 5.97. The van der Waals surface area contributed by atoms with Gasteiger partial charge in [-0.1, -0.05) is 11.6 Å². The molecule has 1 saturated heterocycles. The Morgan fingerprint density at radius 1 is 1.22 bits per heavy atom. The normalized spacial score (nSPS) is 26.0. The van der Waals surface area contributed by atoms with Crippen LogP contribution < -0.4 is 0 Å². The first-order valence-corrected chi connectivity index (χ1v) is 6.49. The third kappa shape index (κ3) is 2.23. The van der Waals surface area contributed by atoms with Gasteiger partial charge in [0.15, 0.2) is 0 Å².